The molecule has 0 aromatic heterocycles. The van der Waals surface area contributed by atoms with Crippen molar-refractivity contribution in [2.45, 2.75) is 6.92 Å². The molecule has 1 rings (SSSR count). The van der Waals surface area contributed by atoms with Crippen LogP contribution in [0.5, 0.6) is 0 Å². The number of benzene rings is 1. The highest BCUT2D eigenvalue weighted by molar-refractivity contribution is 9.10. The Hall–Kier alpha value is -0.740. The number of anilines is 1. The van der Waals surface area contributed by atoms with Crippen LogP contribution in [0.2, 0.25) is 5.02 Å². The number of halogens is 2. The Labute approximate surface area is 108 Å². The Balaban J connectivity index is 2.55. The Morgan fingerprint density at radius 3 is 2.88 bits per heavy atom. The summed E-state index contributed by atoms with van der Waals surface area (Å²) in [7, 11) is 1.38. The first kappa shape index (κ1) is 13.3. The summed E-state index contributed by atoms with van der Waals surface area (Å²) < 4.78 is 5.48. The van der Waals surface area contributed by atoms with E-state index in [1.807, 2.05) is 12.1 Å². The molecule has 0 radical (unpaired) electrons. The molecule has 3 nitrogen and oxygen atoms in total. The van der Waals surface area contributed by atoms with E-state index in [2.05, 4.69) is 26.0 Å². The third-order valence-corrected chi connectivity index (χ3v) is 3.37. The second-order valence-corrected chi connectivity index (χ2v) is 4.70. The predicted molar refractivity (Wildman–Crippen MR) is 68.8 cm³/mol. The lowest BCUT2D eigenvalue weighted by atomic mass is 10.2. The number of esters is 1. The lowest BCUT2D eigenvalue weighted by Gasteiger charge is -2.11. The Bertz CT molecular complexity index is 384. The molecule has 0 bridgehead atoms. The van der Waals surface area contributed by atoms with E-state index in [1.54, 1.807) is 13.0 Å². The third kappa shape index (κ3) is 3.68. The average molecular weight is 307 g/mol. The lowest BCUT2D eigenvalue weighted by Crippen LogP contribution is -2.21. The summed E-state index contributed by atoms with van der Waals surface area (Å²) in [6.45, 7) is 2.32. The standard InChI is InChI=1S/C11H13BrClNO2/c1-7(11(15)16-2)6-14-8-3-4-9(12)10(13)5-8/h3-5,7,14H,6H2,1-2H3. The molecule has 0 amide bonds. The fourth-order valence-corrected chi connectivity index (χ4v) is 1.59. The van der Waals surface area contributed by atoms with Gasteiger partial charge in [0.25, 0.3) is 0 Å². The van der Waals surface area contributed by atoms with Gasteiger partial charge in [0.2, 0.25) is 0 Å². The van der Waals surface area contributed by atoms with Crippen LogP contribution in [0, 0.1) is 5.92 Å². The molecule has 88 valence electrons. The van der Waals surface area contributed by atoms with Crippen LogP contribution < -0.4 is 5.32 Å². The number of rotatable bonds is 4. The summed E-state index contributed by atoms with van der Waals surface area (Å²) >= 11 is 9.25. The summed E-state index contributed by atoms with van der Waals surface area (Å²) in [5, 5.41) is 3.76. The molecule has 0 heterocycles. The van der Waals surface area contributed by atoms with Gasteiger partial charge in [-0.15, -0.1) is 0 Å². The molecule has 0 fully saturated rings. The van der Waals surface area contributed by atoms with E-state index in [1.165, 1.54) is 7.11 Å². The van der Waals surface area contributed by atoms with Gasteiger partial charge < -0.3 is 10.1 Å². The SMILES string of the molecule is COC(=O)C(C)CNc1ccc(Br)c(Cl)c1. The second-order valence-electron chi connectivity index (χ2n) is 3.43. The smallest absolute Gasteiger partial charge is 0.310 e. The van der Waals surface area contributed by atoms with Gasteiger partial charge in [-0.05, 0) is 34.1 Å². The van der Waals surface area contributed by atoms with Crippen LogP contribution in [-0.4, -0.2) is 19.6 Å². The Kier molecular flexibility index (Phi) is 5.09. The molecular formula is C11H13BrClNO2. The number of carbonyl (C=O) groups is 1. The third-order valence-electron chi connectivity index (χ3n) is 2.14. The first-order valence-corrected chi connectivity index (χ1v) is 5.98. The average Bonchev–Trinajstić information content (AvgIpc) is 2.29. The van der Waals surface area contributed by atoms with E-state index >= 15 is 0 Å². The van der Waals surface area contributed by atoms with Crippen molar-refractivity contribution in [3.8, 4) is 0 Å². The molecule has 0 spiro atoms. The molecule has 0 saturated heterocycles. The van der Waals surface area contributed by atoms with Crippen molar-refractivity contribution in [2.24, 2.45) is 5.92 Å². The molecule has 0 aliphatic heterocycles. The molecule has 1 N–H and O–H groups in total. The predicted octanol–water partition coefficient (Wildman–Crippen LogP) is 3.32. The number of carbonyl (C=O) groups excluding carboxylic acids is 1. The van der Waals surface area contributed by atoms with Gasteiger partial charge in [-0.1, -0.05) is 18.5 Å². The topological polar surface area (TPSA) is 38.3 Å². The maximum atomic E-state index is 11.2. The van der Waals surface area contributed by atoms with E-state index in [-0.39, 0.29) is 11.9 Å². The van der Waals surface area contributed by atoms with Crippen LogP contribution in [0.1, 0.15) is 6.92 Å². The van der Waals surface area contributed by atoms with Gasteiger partial charge in [0, 0.05) is 16.7 Å². The van der Waals surface area contributed by atoms with Gasteiger partial charge in [0.15, 0.2) is 0 Å². The quantitative estimate of drug-likeness (QED) is 0.867. The van der Waals surface area contributed by atoms with Crippen LogP contribution >= 0.6 is 27.5 Å². The minimum Gasteiger partial charge on any atom is -0.469 e. The van der Waals surface area contributed by atoms with Crippen LogP contribution in [-0.2, 0) is 9.53 Å². The van der Waals surface area contributed by atoms with Crippen molar-refractivity contribution >= 4 is 39.2 Å². The van der Waals surface area contributed by atoms with Crippen molar-refractivity contribution < 1.29 is 9.53 Å². The summed E-state index contributed by atoms with van der Waals surface area (Å²) in [5.41, 5.74) is 0.879. The summed E-state index contributed by atoms with van der Waals surface area (Å²) in [6, 6.07) is 5.54. The molecule has 1 aromatic rings. The first-order chi connectivity index (χ1) is 7.54. The van der Waals surface area contributed by atoms with E-state index in [0.29, 0.717) is 11.6 Å². The fraction of sp³-hybridized carbons (Fsp3) is 0.364. The van der Waals surface area contributed by atoms with Crippen molar-refractivity contribution in [2.75, 3.05) is 19.0 Å². The lowest BCUT2D eigenvalue weighted by molar-refractivity contribution is -0.144. The summed E-state index contributed by atoms with van der Waals surface area (Å²) in [4.78, 5) is 11.2. The molecule has 0 aliphatic carbocycles. The van der Waals surface area contributed by atoms with E-state index in [0.717, 1.165) is 10.2 Å². The number of nitrogens with one attached hydrogen (secondary N) is 1. The van der Waals surface area contributed by atoms with E-state index < -0.39 is 0 Å². The normalized spacial score (nSPS) is 12.0. The van der Waals surface area contributed by atoms with Gasteiger partial charge in [0.05, 0.1) is 18.1 Å². The largest absolute Gasteiger partial charge is 0.469 e. The van der Waals surface area contributed by atoms with Gasteiger partial charge in [-0.2, -0.15) is 0 Å². The van der Waals surface area contributed by atoms with Gasteiger partial charge in [-0.3, -0.25) is 4.79 Å². The number of methoxy groups -OCH3 is 1. The Morgan fingerprint density at radius 2 is 2.31 bits per heavy atom. The Morgan fingerprint density at radius 1 is 1.62 bits per heavy atom. The van der Waals surface area contributed by atoms with Crippen molar-refractivity contribution in [3.05, 3.63) is 27.7 Å². The van der Waals surface area contributed by atoms with Crippen LogP contribution in [0.25, 0.3) is 0 Å². The van der Waals surface area contributed by atoms with Crippen LogP contribution in [0.4, 0.5) is 5.69 Å². The molecule has 0 saturated carbocycles. The van der Waals surface area contributed by atoms with Crippen LogP contribution in [0.15, 0.2) is 22.7 Å². The summed E-state index contributed by atoms with van der Waals surface area (Å²) in [6.07, 6.45) is 0. The van der Waals surface area contributed by atoms with Crippen LogP contribution in [0.3, 0.4) is 0 Å². The fourth-order valence-electron chi connectivity index (χ4n) is 1.16. The highest BCUT2D eigenvalue weighted by Crippen LogP contribution is 2.25. The van der Waals surface area contributed by atoms with Crippen molar-refractivity contribution in [3.63, 3.8) is 0 Å². The molecule has 1 aromatic carbocycles. The number of ether oxygens (including phenoxy) is 1. The second kappa shape index (κ2) is 6.11. The van der Waals surface area contributed by atoms with Gasteiger partial charge >= 0.3 is 5.97 Å². The molecule has 1 atom stereocenters. The molecule has 1 unspecified atom stereocenters. The van der Waals surface area contributed by atoms with E-state index in [9.17, 15) is 4.79 Å². The maximum Gasteiger partial charge on any atom is 0.310 e. The zero-order valence-corrected chi connectivity index (χ0v) is 11.4. The molecular weight excluding hydrogens is 293 g/mol. The number of hydrogen-bond donors (Lipinski definition) is 1. The molecule has 16 heavy (non-hydrogen) atoms. The molecule has 0 aliphatic rings. The monoisotopic (exact) mass is 305 g/mol. The van der Waals surface area contributed by atoms with Gasteiger partial charge in [0.1, 0.15) is 0 Å². The van der Waals surface area contributed by atoms with E-state index in [4.69, 9.17) is 11.6 Å². The zero-order valence-electron chi connectivity index (χ0n) is 9.09. The number of hydrogen-bond acceptors (Lipinski definition) is 3. The highest BCUT2D eigenvalue weighted by atomic mass is 79.9. The minimum absolute atomic E-state index is 0.188. The highest BCUT2D eigenvalue weighted by Gasteiger charge is 2.12. The zero-order chi connectivity index (χ0) is 12.1. The molecule has 5 heteroatoms. The minimum atomic E-state index is -0.226. The summed E-state index contributed by atoms with van der Waals surface area (Å²) in [5.74, 6) is -0.414. The first-order valence-electron chi connectivity index (χ1n) is 4.81. The van der Waals surface area contributed by atoms with Crippen molar-refractivity contribution in [1.82, 2.24) is 0 Å². The van der Waals surface area contributed by atoms with Crippen molar-refractivity contribution in [1.29, 1.82) is 0 Å². The van der Waals surface area contributed by atoms with Gasteiger partial charge in [-0.25, -0.2) is 0 Å². The maximum absolute atomic E-state index is 11.2.